The number of hydrogen-bond donors (Lipinski definition) is 0. The van der Waals surface area contributed by atoms with Crippen LogP contribution < -0.4 is 14.2 Å². The first-order valence-corrected chi connectivity index (χ1v) is 5.78. The first-order valence-electron chi connectivity index (χ1n) is 5.78. The van der Waals surface area contributed by atoms with Gasteiger partial charge >= 0.3 is 0 Å². The van der Waals surface area contributed by atoms with Gasteiger partial charge in [-0.1, -0.05) is 0 Å². The van der Waals surface area contributed by atoms with Gasteiger partial charge in [0.05, 0.1) is 19.0 Å². The Morgan fingerprint density at radius 1 is 1.15 bits per heavy atom. The average molecular weight is 272 g/mol. The minimum absolute atomic E-state index is 0.174. The fourth-order valence-corrected chi connectivity index (χ4v) is 2.01. The molecule has 0 spiro atoms. The van der Waals surface area contributed by atoms with Gasteiger partial charge < -0.3 is 14.2 Å². The van der Waals surface area contributed by atoms with E-state index >= 15 is 0 Å². The number of aromatic nitrogens is 4. The van der Waals surface area contributed by atoms with E-state index in [0.29, 0.717) is 34.2 Å². The lowest BCUT2D eigenvalue weighted by atomic mass is 10.1. The van der Waals surface area contributed by atoms with E-state index in [1.165, 1.54) is 0 Å². The molecule has 100 valence electrons. The Morgan fingerprint density at radius 2 is 2.05 bits per heavy atom. The van der Waals surface area contributed by atoms with Gasteiger partial charge in [-0.2, -0.15) is 0 Å². The molecule has 1 aliphatic heterocycles. The summed E-state index contributed by atoms with van der Waals surface area (Å²) in [5.74, 6) is 1.78. The molecule has 0 N–H and O–H groups in total. The monoisotopic (exact) mass is 272 g/mol. The molecule has 0 saturated carbocycles. The van der Waals surface area contributed by atoms with E-state index in [1.54, 1.807) is 19.4 Å². The van der Waals surface area contributed by atoms with Crippen molar-refractivity contribution in [1.82, 2.24) is 20.3 Å². The maximum Gasteiger partial charge on any atom is 0.243 e. The summed E-state index contributed by atoms with van der Waals surface area (Å²) in [4.78, 5) is 8.45. The van der Waals surface area contributed by atoms with E-state index in [-0.39, 0.29) is 6.79 Å². The smallest absolute Gasteiger partial charge is 0.243 e. The van der Waals surface area contributed by atoms with Crippen LogP contribution in [0.15, 0.2) is 23.0 Å². The first-order chi connectivity index (χ1) is 9.85. The highest BCUT2D eigenvalue weighted by Crippen LogP contribution is 2.43. The summed E-state index contributed by atoms with van der Waals surface area (Å²) in [7, 11) is 1.57. The third kappa shape index (κ3) is 1.54. The molecule has 8 heteroatoms. The zero-order valence-corrected chi connectivity index (χ0v) is 10.4. The summed E-state index contributed by atoms with van der Waals surface area (Å²) in [6, 6.07) is 3.62. The lowest BCUT2D eigenvalue weighted by molar-refractivity contribution is 0.171. The molecule has 0 fully saturated rings. The van der Waals surface area contributed by atoms with Gasteiger partial charge in [0.1, 0.15) is 0 Å². The van der Waals surface area contributed by atoms with Crippen molar-refractivity contribution in [1.29, 1.82) is 0 Å². The second-order valence-corrected chi connectivity index (χ2v) is 4.08. The van der Waals surface area contributed by atoms with E-state index in [0.717, 1.165) is 5.56 Å². The van der Waals surface area contributed by atoms with Gasteiger partial charge in [0.25, 0.3) is 0 Å². The van der Waals surface area contributed by atoms with Crippen molar-refractivity contribution >= 4 is 11.3 Å². The van der Waals surface area contributed by atoms with Crippen molar-refractivity contribution in [2.45, 2.75) is 0 Å². The Labute approximate surface area is 112 Å². The lowest BCUT2D eigenvalue weighted by Gasteiger charge is -2.07. The second-order valence-electron chi connectivity index (χ2n) is 4.08. The molecule has 8 nitrogen and oxygen atoms in total. The second kappa shape index (κ2) is 4.05. The molecule has 0 saturated heterocycles. The number of benzene rings is 1. The maximum absolute atomic E-state index is 5.38. The molecular formula is C12H8N4O4. The summed E-state index contributed by atoms with van der Waals surface area (Å²) in [5, 5.41) is 7.29. The lowest BCUT2D eigenvalue weighted by Crippen LogP contribution is -1.93. The van der Waals surface area contributed by atoms with Crippen molar-refractivity contribution in [3.05, 3.63) is 18.3 Å². The Balaban J connectivity index is 1.88. The number of hydrogen-bond acceptors (Lipinski definition) is 8. The van der Waals surface area contributed by atoms with Crippen LogP contribution in [0.4, 0.5) is 0 Å². The SMILES string of the molecule is COc1cc(-c2cnc3nonc3n2)cc2c1OCO2. The van der Waals surface area contributed by atoms with Gasteiger partial charge in [0, 0.05) is 5.56 Å². The number of ether oxygens (including phenoxy) is 3. The molecule has 0 amide bonds. The fourth-order valence-electron chi connectivity index (χ4n) is 2.01. The molecule has 1 aliphatic rings. The fraction of sp³-hybridized carbons (Fsp3) is 0.167. The number of rotatable bonds is 2. The quantitative estimate of drug-likeness (QED) is 0.691. The molecule has 4 rings (SSSR count). The van der Waals surface area contributed by atoms with E-state index < -0.39 is 0 Å². The largest absolute Gasteiger partial charge is 0.493 e. The highest BCUT2D eigenvalue weighted by Gasteiger charge is 2.21. The number of methoxy groups -OCH3 is 1. The molecular weight excluding hydrogens is 264 g/mol. The summed E-state index contributed by atoms with van der Waals surface area (Å²) >= 11 is 0. The highest BCUT2D eigenvalue weighted by atomic mass is 16.7. The van der Waals surface area contributed by atoms with Crippen LogP contribution in [0, 0.1) is 0 Å². The zero-order valence-electron chi connectivity index (χ0n) is 10.4. The van der Waals surface area contributed by atoms with Crippen molar-refractivity contribution in [3.63, 3.8) is 0 Å². The topological polar surface area (TPSA) is 92.4 Å². The van der Waals surface area contributed by atoms with E-state index in [9.17, 15) is 0 Å². The Morgan fingerprint density at radius 3 is 2.95 bits per heavy atom. The van der Waals surface area contributed by atoms with Crippen molar-refractivity contribution in [2.24, 2.45) is 0 Å². The van der Waals surface area contributed by atoms with Gasteiger partial charge in [-0.25, -0.2) is 14.6 Å². The standard InChI is InChI=1S/C12H8N4O4/c1-17-8-2-6(3-9-10(8)19-5-18-9)7-4-13-11-12(14-7)16-20-15-11/h2-4H,5H2,1H3. The maximum atomic E-state index is 5.38. The van der Waals surface area contributed by atoms with Crippen LogP contribution in [-0.2, 0) is 0 Å². The molecule has 0 atom stereocenters. The highest BCUT2D eigenvalue weighted by molar-refractivity contribution is 5.72. The molecule has 20 heavy (non-hydrogen) atoms. The Bertz CT molecular complexity index is 801. The predicted octanol–water partition coefficient (Wildman–Crippen LogP) is 1.42. The molecule has 0 unspecified atom stereocenters. The average Bonchev–Trinajstić information content (AvgIpc) is 3.13. The molecule has 2 aromatic heterocycles. The summed E-state index contributed by atoms with van der Waals surface area (Å²) < 4.78 is 20.6. The van der Waals surface area contributed by atoms with Crippen LogP contribution in [0.3, 0.4) is 0 Å². The predicted molar refractivity (Wildman–Crippen MR) is 65.5 cm³/mol. The van der Waals surface area contributed by atoms with Crippen molar-refractivity contribution in [3.8, 4) is 28.5 Å². The Kier molecular flexibility index (Phi) is 2.22. The van der Waals surface area contributed by atoms with Crippen LogP contribution in [0.25, 0.3) is 22.6 Å². The molecule has 3 aromatic rings. The number of nitrogens with zero attached hydrogens (tertiary/aromatic N) is 4. The molecule has 0 bridgehead atoms. The van der Waals surface area contributed by atoms with Gasteiger partial charge in [-0.15, -0.1) is 0 Å². The van der Waals surface area contributed by atoms with Gasteiger partial charge in [0.15, 0.2) is 11.5 Å². The molecule has 1 aromatic carbocycles. The van der Waals surface area contributed by atoms with E-state index in [4.69, 9.17) is 14.2 Å². The van der Waals surface area contributed by atoms with Crippen LogP contribution in [0.2, 0.25) is 0 Å². The number of fused-ring (bicyclic) bond motifs is 2. The van der Waals surface area contributed by atoms with Crippen LogP contribution in [0.5, 0.6) is 17.2 Å². The Hall–Kier alpha value is -2.90. The van der Waals surface area contributed by atoms with Crippen LogP contribution >= 0.6 is 0 Å². The minimum Gasteiger partial charge on any atom is -0.493 e. The van der Waals surface area contributed by atoms with Crippen LogP contribution in [0.1, 0.15) is 0 Å². The van der Waals surface area contributed by atoms with Crippen molar-refractivity contribution < 1.29 is 18.8 Å². The van der Waals surface area contributed by atoms with Gasteiger partial charge in [0.2, 0.25) is 23.8 Å². The molecule has 0 radical (unpaired) electrons. The van der Waals surface area contributed by atoms with Crippen molar-refractivity contribution in [2.75, 3.05) is 13.9 Å². The van der Waals surface area contributed by atoms with Crippen LogP contribution in [-0.4, -0.2) is 34.2 Å². The van der Waals surface area contributed by atoms with E-state index in [1.807, 2.05) is 6.07 Å². The summed E-state index contributed by atoms with van der Waals surface area (Å²) in [6.45, 7) is 0.174. The van der Waals surface area contributed by atoms with Gasteiger partial charge in [-0.3, -0.25) is 0 Å². The first kappa shape index (κ1) is 11.0. The zero-order chi connectivity index (χ0) is 13.5. The third-order valence-corrected chi connectivity index (χ3v) is 2.94. The third-order valence-electron chi connectivity index (χ3n) is 2.94. The molecule has 3 heterocycles. The van der Waals surface area contributed by atoms with Gasteiger partial charge in [-0.05, 0) is 22.4 Å². The normalized spacial score (nSPS) is 12.8. The summed E-state index contributed by atoms with van der Waals surface area (Å²) in [6.07, 6.45) is 1.59. The molecule has 0 aliphatic carbocycles. The summed E-state index contributed by atoms with van der Waals surface area (Å²) in [5.41, 5.74) is 2.11. The minimum atomic E-state index is 0.174. The van der Waals surface area contributed by atoms with E-state index in [2.05, 4.69) is 24.9 Å².